The van der Waals surface area contributed by atoms with Gasteiger partial charge in [0.2, 0.25) is 0 Å². The summed E-state index contributed by atoms with van der Waals surface area (Å²) in [5, 5.41) is 2.67. The molecule has 5 nitrogen and oxygen atoms in total. The van der Waals surface area contributed by atoms with Gasteiger partial charge < -0.3 is 11.5 Å². The van der Waals surface area contributed by atoms with Gasteiger partial charge in [-0.25, -0.2) is 0 Å². The van der Waals surface area contributed by atoms with Crippen molar-refractivity contribution in [3.63, 3.8) is 0 Å². The van der Waals surface area contributed by atoms with Crippen LogP contribution in [0, 0.1) is 0 Å². The molecule has 0 aromatic carbocycles. The molecule has 0 aliphatic rings. The SMILES string of the molecule is CCCN=C(N)NC(N)=NCC. The standard InChI is InChI=1S/C7H17N5/c1-3-5-11-7(9)12-6(8)10-4-2/h3-5H2,1-2H3,(H5,8,9,10,11,12). The van der Waals surface area contributed by atoms with E-state index in [9.17, 15) is 0 Å². The molecule has 0 heterocycles. The number of guanidine groups is 2. The van der Waals surface area contributed by atoms with Crippen molar-refractivity contribution in [2.45, 2.75) is 20.3 Å². The lowest BCUT2D eigenvalue weighted by Gasteiger charge is -2.02. The van der Waals surface area contributed by atoms with Crippen LogP contribution < -0.4 is 16.8 Å². The molecule has 0 bridgehead atoms. The molecule has 0 aliphatic heterocycles. The van der Waals surface area contributed by atoms with Crippen molar-refractivity contribution in [1.29, 1.82) is 0 Å². The van der Waals surface area contributed by atoms with E-state index in [0.717, 1.165) is 6.42 Å². The van der Waals surface area contributed by atoms with E-state index >= 15 is 0 Å². The number of hydrogen-bond acceptors (Lipinski definition) is 2. The lowest BCUT2D eigenvalue weighted by atomic mass is 10.5. The van der Waals surface area contributed by atoms with Gasteiger partial charge in [0, 0.05) is 13.1 Å². The van der Waals surface area contributed by atoms with Crippen molar-refractivity contribution in [2.75, 3.05) is 13.1 Å². The predicted octanol–water partition coefficient (Wildman–Crippen LogP) is -0.365. The Balaban J connectivity index is 3.82. The molecule has 0 aromatic heterocycles. The fraction of sp³-hybridized carbons (Fsp3) is 0.714. The molecule has 0 unspecified atom stereocenters. The Morgan fingerprint density at radius 1 is 1.17 bits per heavy atom. The van der Waals surface area contributed by atoms with Crippen LogP contribution in [-0.4, -0.2) is 25.0 Å². The normalized spacial score (nSPS) is 13.2. The molecule has 0 atom stereocenters. The molecular weight excluding hydrogens is 154 g/mol. The first-order valence-corrected chi connectivity index (χ1v) is 4.07. The zero-order valence-electron chi connectivity index (χ0n) is 7.67. The average molecular weight is 171 g/mol. The van der Waals surface area contributed by atoms with Crippen molar-refractivity contribution in [1.82, 2.24) is 5.32 Å². The summed E-state index contributed by atoms with van der Waals surface area (Å²) in [6.45, 7) is 5.27. The van der Waals surface area contributed by atoms with Crippen molar-refractivity contribution < 1.29 is 0 Å². The molecule has 0 rings (SSSR count). The monoisotopic (exact) mass is 171 g/mol. The van der Waals surface area contributed by atoms with Crippen molar-refractivity contribution in [3.05, 3.63) is 0 Å². The summed E-state index contributed by atoms with van der Waals surface area (Å²) < 4.78 is 0. The highest BCUT2D eigenvalue weighted by atomic mass is 15.2. The number of rotatable bonds is 3. The third-order valence-corrected chi connectivity index (χ3v) is 1.09. The van der Waals surface area contributed by atoms with E-state index in [2.05, 4.69) is 15.3 Å². The Bertz CT molecular complexity index is 173. The Labute approximate surface area is 72.9 Å². The minimum absolute atomic E-state index is 0.315. The summed E-state index contributed by atoms with van der Waals surface area (Å²) in [5.41, 5.74) is 10.9. The van der Waals surface area contributed by atoms with Gasteiger partial charge in [0.05, 0.1) is 0 Å². The van der Waals surface area contributed by atoms with Crippen LogP contribution in [0.15, 0.2) is 9.98 Å². The quantitative estimate of drug-likeness (QED) is 0.400. The molecule has 0 fully saturated rings. The summed E-state index contributed by atoms with van der Waals surface area (Å²) in [4.78, 5) is 7.88. The summed E-state index contributed by atoms with van der Waals surface area (Å²) in [6.07, 6.45) is 0.965. The van der Waals surface area contributed by atoms with Crippen LogP contribution in [-0.2, 0) is 0 Å². The molecule has 0 aliphatic carbocycles. The summed E-state index contributed by atoms with van der Waals surface area (Å²) in [7, 11) is 0. The number of nitrogens with one attached hydrogen (secondary N) is 1. The van der Waals surface area contributed by atoms with Gasteiger partial charge in [0.25, 0.3) is 0 Å². The largest absolute Gasteiger partial charge is 0.370 e. The smallest absolute Gasteiger partial charge is 0.195 e. The number of aliphatic imine (C=N–C) groups is 2. The van der Waals surface area contributed by atoms with Crippen LogP contribution in [0.3, 0.4) is 0 Å². The first-order chi connectivity index (χ1) is 5.70. The maximum Gasteiger partial charge on any atom is 0.195 e. The first-order valence-electron chi connectivity index (χ1n) is 4.07. The van der Waals surface area contributed by atoms with Crippen LogP contribution in [0.1, 0.15) is 20.3 Å². The molecule has 5 N–H and O–H groups in total. The highest BCUT2D eigenvalue weighted by molar-refractivity contribution is 5.96. The number of nitrogens with two attached hydrogens (primary N) is 2. The third-order valence-electron chi connectivity index (χ3n) is 1.09. The van der Waals surface area contributed by atoms with Crippen LogP contribution >= 0.6 is 0 Å². The molecule has 12 heavy (non-hydrogen) atoms. The molecule has 0 saturated carbocycles. The van der Waals surface area contributed by atoms with Gasteiger partial charge in [-0.1, -0.05) is 6.92 Å². The Morgan fingerprint density at radius 3 is 2.25 bits per heavy atom. The second-order valence-electron chi connectivity index (χ2n) is 2.25. The van der Waals surface area contributed by atoms with Crippen LogP contribution in [0.4, 0.5) is 0 Å². The fourth-order valence-electron chi connectivity index (χ4n) is 0.613. The summed E-state index contributed by atoms with van der Waals surface area (Å²) in [5.74, 6) is 0.640. The van der Waals surface area contributed by atoms with Gasteiger partial charge >= 0.3 is 0 Å². The van der Waals surface area contributed by atoms with Crippen molar-refractivity contribution in [2.24, 2.45) is 21.5 Å². The summed E-state index contributed by atoms with van der Waals surface area (Å²) >= 11 is 0. The zero-order valence-corrected chi connectivity index (χ0v) is 7.67. The lowest BCUT2D eigenvalue weighted by molar-refractivity contribution is 0.921. The van der Waals surface area contributed by atoms with Crippen LogP contribution in [0.2, 0.25) is 0 Å². The van der Waals surface area contributed by atoms with E-state index in [4.69, 9.17) is 11.5 Å². The zero-order chi connectivity index (χ0) is 9.40. The highest BCUT2D eigenvalue weighted by Crippen LogP contribution is 1.76. The summed E-state index contributed by atoms with van der Waals surface area (Å²) in [6, 6.07) is 0. The van der Waals surface area contributed by atoms with Gasteiger partial charge in [-0.2, -0.15) is 0 Å². The number of hydrogen-bond donors (Lipinski definition) is 3. The first kappa shape index (κ1) is 10.7. The van der Waals surface area contributed by atoms with E-state index in [1.807, 2.05) is 13.8 Å². The van der Waals surface area contributed by atoms with Crippen LogP contribution in [0.5, 0.6) is 0 Å². The maximum atomic E-state index is 5.47. The van der Waals surface area contributed by atoms with E-state index in [-0.39, 0.29) is 0 Å². The van der Waals surface area contributed by atoms with Gasteiger partial charge in [0.1, 0.15) is 0 Å². The van der Waals surface area contributed by atoms with Crippen molar-refractivity contribution in [3.8, 4) is 0 Å². The van der Waals surface area contributed by atoms with E-state index in [1.54, 1.807) is 0 Å². The Morgan fingerprint density at radius 2 is 1.75 bits per heavy atom. The molecule has 0 saturated heterocycles. The molecule has 0 aromatic rings. The van der Waals surface area contributed by atoms with E-state index < -0.39 is 0 Å². The average Bonchev–Trinajstić information content (AvgIpc) is 2.01. The minimum Gasteiger partial charge on any atom is -0.370 e. The van der Waals surface area contributed by atoms with Crippen LogP contribution in [0.25, 0.3) is 0 Å². The molecule has 0 spiro atoms. The predicted molar refractivity (Wildman–Crippen MR) is 52.1 cm³/mol. The maximum absolute atomic E-state index is 5.47. The molecule has 5 heteroatoms. The van der Waals surface area contributed by atoms with Crippen molar-refractivity contribution >= 4 is 11.9 Å². The van der Waals surface area contributed by atoms with Gasteiger partial charge in [-0.05, 0) is 13.3 Å². The second-order valence-corrected chi connectivity index (χ2v) is 2.25. The lowest BCUT2D eigenvalue weighted by Crippen LogP contribution is -2.41. The Hall–Kier alpha value is -1.26. The second kappa shape index (κ2) is 6.45. The van der Waals surface area contributed by atoms with E-state index in [0.29, 0.717) is 25.0 Å². The molecular formula is C7H17N5. The fourth-order valence-corrected chi connectivity index (χ4v) is 0.613. The van der Waals surface area contributed by atoms with E-state index in [1.165, 1.54) is 0 Å². The third kappa shape index (κ3) is 5.52. The number of nitrogens with zero attached hydrogens (tertiary/aromatic N) is 2. The highest BCUT2D eigenvalue weighted by Gasteiger charge is 1.91. The van der Waals surface area contributed by atoms with Gasteiger partial charge in [-0.15, -0.1) is 0 Å². The Kier molecular flexibility index (Phi) is 5.77. The minimum atomic E-state index is 0.315. The van der Waals surface area contributed by atoms with Gasteiger partial charge in [0.15, 0.2) is 11.9 Å². The molecule has 0 amide bonds. The molecule has 70 valence electrons. The topological polar surface area (TPSA) is 88.8 Å². The van der Waals surface area contributed by atoms with Gasteiger partial charge in [-0.3, -0.25) is 15.3 Å². The molecule has 0 radical (unpaired) electrons.